The molecule has 14 heteroatoms. The van der Waals surface area contributed by atoms with Gasteiger partial charge in [-0.1, -0.05) is 23.4 Å². The number of hydrogen-bond acceptors (Lipinski definition) is 9. The SMILES string of the molecule is CCOc1cc2ncnc(Nc3ccc(F)c(Cl)c3)c2cc1NC(=O)CN1C(=O)SC(CC(=O)O)C1=O. The second kappa shape index (κ2) is 11.0. The molecular weight excluding hydrogens is 529 g/mol. The van der Waals surface area contributed by atoms with Crippen LogP contribution in [-0.2, 0) is 14.4 Å². The van der Waals surface area contributed by atoms with E-state index >= 15 is 0 Å². The van der Waals surface area contributed by atoms with Crippen LogP contribution in [0, 0.1) is 5.82 Å². The number of hydrogen-bond donors (Lipinski definition) is 3. The summed E-state index contributed by atoms with van der Waals surface area (Å²) in [5, 5.41) is 13.2. The van der Waals surface area contributed by atoms with Crippen LogP contribution in [0.1, 0.15) is 13.3 Å². The highest BCUT2D eigenvalue weighted by Gasteiger charge is 2.41. The molecule has 1 aliphatic rings. The van der Waals surface area contributed by atoms with E-state index in [4.69, 9.17) is 21.4 Å². The van der Waals surface area contributed by atoms with Gasteiger partial charge >= 0.3 is 5.97 Å². The Bertz CT molecular complexity index is 1420. The summed E-state index contributed by atoms with van der Waals surface area (Å²) >= 11 is 6.44. The molecule has 1 unspecified atom stereocenters. The fourth-order valence-electron chi connectivity index (χ4n) is 3.53. The number of nitrogens with zero attached hydrogens (tertiary/aromatic N) is 3. The molecule has 0 spiro atoms. The van der Waals surface area contributed by atoms with Crippen molar-refractivity contribution in [1.82, 2.24) is 14.9 Å². The van der Waals surface area contributed by atoms with E-state index in [2.05, 4.69) is 20.6 Å². The van der Waals surface area contributed by atoms with Crippen LogP contribution in [0.15, 0.2) is 36.7 Å². The molecule has 1 atom stereocenters. The van der Waals surface area contributed by atoms with Gasteiger partial charge in [-0.15, -0.1) is 0 Å². The predicted octanol–water partition coefficient (Wildman–Crippen LogP) is 4.04. The zero-order chi connectivity index (χ0) is 26.7. The second-order valence-electron chi connectivity index (χ2n) is 7.72. The molecule has 192 valence electrons. The average Bonchev–Trinajstić information content (AvgIpc) is 3.09. The van der Waals surface area contributed by atoms with Crippen molar-refractivity contribution in [1.29, 1.82) is 0 Å². The highest BCUT2D eigenvalue weighted by molar-refractivity contribution is 8.15. The summed E-state index contributed by atoms with van der Waals surface area (Å²) in [5.74, 6) is -2.62. The number of anilines is 3. The molecule has 1 fully saturated rings. The zero-order valence-corrected chi connectivity index (χ0v) is 20.7. The lowest BCUT2D eigenvalue weighted by molar-refractivity contribution is -0.139. The number of halogens is 2. The minimum atomic E-state index is -1.22. The van der Waals surface area contributed by atoms with Crippen molar-refractivity contribution in [3.63, 3.8) is 0 Å². The van der Waals surface area contributed by atoms with Crippen LogP contribution in [0.5, 0.6) is 5.75 Å². The largest absolute Gasteiger partial charge is 0.492 e. The van der Waals surface area contributed by atoms with E-state index in [1.165, 1.54) is 24.5 Å². The number of imide groups is 1. The smallest absolute Gasteiger partial charge is 0.305 e. The number of carbonyl (C=O) groups excluding carboxylic acids is 3. The molecule has 3 amide bonds. The minimum Gasteiger partial charge on any atom is -0.492 e. The molecule has 3 N–H and O–H groups in total. The lowest BCUT2D eigenvalue weighted by Gasteiger charge is -2.17. The van der Waals surface area contributed by atoms with Crippen molar-refractivity contribution in [3.05, 3.63) is 47.5 Å². The van der Waals surface area contributed by atoms with Crippen molar-refractivity contribution in [3.8, 4) is 5.75 Å². The highest BCUT2D eigenvalue weighted by atomic mass is 35.5. The number of benzene rings is 2. The van der Waals surface area contributed by atoms with Gasteiger partial charge in [0.25, 0.3) is 5.24 Å². The third-order valence-electron chi connectivity index (χ3n) is 5.16. The Labute approximate surface area is 218 Å². The number of thioether (sulfide) groups is 1. The van der Waals surface area contributed by atoms with Crippen LogP contribution < -0.4 is 15.4 Å². The van der Waals surface area contributed by atoms with Gasteiger partial charge in [-0.25, -0.2) is 14.4 Å². The quantitative estimate of drug-likeness (QED) is 0.358. The maximum atomic E-state index is 13.5. The summed E-state index contributed by atoms with van der Waals surface area (Å²) in [4.78, 5) is 57.5. The predicted molar refractivity (Wildman–Crippen MR) is 135 cm³/mol. The summed E-state index contributed by atoms with van der Waals surface area (Å²) in [6.45, 7) is 1.42. The van der Waals surface area contributed by atoms with Crippen LogP contribution in [0.25, 0.3) is 10.9 Å². The summed E-state index contributed by atoms with van der Waals surface area (Å²) < 4.78 is 19.2. The Morgan fingerprint density at radius 2 is 2.03 bits per heavy atom. The number of carboxylic acids is 1. The first-order chi connectivity index (χ1) is 17.7. The number of amides is 3. The van der Waals surface area contributed by atoms with Crippen molar-refractivity contribution in [2.24, 2.45) is 0 Å². The van der Waals surface area contributed by atoms with Gasteiger partial charge in [-0.3, -0.25) is 24.1 Å². The molecule has 11 nitrogen and oxygen atoms in total. The summed E-state index contributed by atoms with van der Waals surface area (Å²) in [7, 11) is 0. The molecule has 0 radical (unpaired) electrons. The Balaban J connectivity index is 1.60. The normalized spacial score (nSPS) is 15.2. The molecule has 0 bridgehead atoms. The molecule has 2 aromatic carbocycles. The van der Waals surface area contributed by atoms with E-state index in [1.807, 2.05) is 0 Å². The highest BCUT2D eigenvalue weighted by Crippen LogP contribution is 2.34. The molecular formula is C23H19ClFN5O6S. The number of nitrogens with one attached hydrogen (secondary N) is 2. The van der Waals surface area contributed by atoms with Crippen LogP contribution in [0.2, 0.25) is 5.02 Å². The fourth-order valence-corrected chi connectivity index (χ4v) is 4.69. The van der Waals surface area contributed by atoms with E-state index in [9.17, 15) is 23.6 Å². The van der Waals surface area contributed by atoms with E-state index < -0.39 is 47.1 Å². The minimum absolute atomic E-state index is 0.0790. The van der Waals surface area contributed by atoms with Gasteiger partial charge in [0.1, 0.15) is 35.5 Å². The Kier molecular flexibility index (Phi) is 7.74. The summed E-state index contributed by atoms with van der Waals surface area (Å²) in [6, 6.07) is 7.21. The first-order valence-corrected chi connectivity index (χ1v) is 12.1. The maximum absolute atomic E-state index is 13.5. The average molecular weight is 548 g/mol. The van der Waals surface area contributed by atoms with Crippen LogP contribution in [-0.4, -0.2) is 61.4 Å². The van der Waals surface area contributed by atoms with Crippen molar-refractivity contribution >= 4 is 74.5 Å². The van der Waals surface area contributed by atoms with Gasteiger partial charge in [0.05, 0.1) is 29.3 Å². The van der Waals surface area contributed by atoms with Gasteiger partial charge in [-0.05, 0) is 31.2 Å². The van der Waals surface area contributed by atoms with Crippen molar-refractivity contribution in [2.75, 3.05) is 23.8 Å². The Morgan fingerprint density at radius 3 is 2.73 bits per heavy atom. The van der Waals surface area contributed by atoms with Gasteiger partial charge in [0, 0.05) is 17.1 Å². The van der Waals surface area contributed by atoms with E-state index in [0.717, 1.165) is 0 Å². The van der Waals surface area contributed by atoms with Gasteiger partial charge < -0.3 is 20.5 Å². The summed E-state index contributed by atoms with van der Waals surface area (Å²) in [5.41, 5.74) is 1.17. The lowest BCUT2D eigenvalue weighted by atomic mass is 10.1. The van der Waals surface area contributed by atoms with Crippen molar-refractivity contribution in [2.45, 2.75) is 18.6 Å². The van der Waals surface area contributed by atoms with Crippen molar-refractivity contribution < 1.29 is 33.4 Å². The van der Waals surface area contributed by atoms with Gasteiger partial charge in [0.2, 0.25) is 11.8 Å². The fraction of sp³-hybridized carbons (Fsp3) is 0.217. The number of rotatable bonds is 9. The lowest BCUT2D eigenvalue weighted by Crippen LogP contribution is -2.38. The Morgan fingerprint density at radius 1 is 1.24 bits per heavy atom. The molecule has 2 heterocycles. The third-order valence-corrected chi connectivity index (χ3v) is 6.52. The first kappa shape index (κ1) is 26.1. The van der Waals surface area contributed by atoms with E-state index in [0.29, 0.717) is 39.1 Å². The second-order valence-corrected chi connectivity index (χ2v) is 9.28. The summed E-state index contributed by atoms with van der Waals surface area (Å²) in [6.07, 6.45) is 0.793. The number of aromatic nitrogens is 2. The molecule has 1 saturated heterocycles. The number of carboxylic acid groups (broad SMARTS) is 1. The number of ether oxygens (including phenoxy) is 1. The zero-order valence-electron chi connectivity index (χ0n) is 19.2. The van der Waals surface area contributed by atoms with Crippen LogP contribution in [0.3, 0.4) is 0 Å². The number of aliphatic carboxylic acids is 1. The maximum Gasteiger partial charge on any atom is 0.305 e. The van der Waals surface area contributed by atoms with E-state index in [-0.39, 0.29) is 23.1 Å². The molecule has 3 aromatic rings. The standard InChI is InChI=1S/C23H19ClFN5O6S/c1-2-36-17-7-15-12(21(27-10-26-15)28-11-3-4-14(25)13(24)5-11)6-16(17)29-19(31)9-30-22(34)18(8-20(32)33)37-23(30)35/h3-7,10,18H,2,8-9H2,1H3,(H,29,31)(H,32,33)(H,26,27,28). The van der Waals surface area contributed by atoms with Gasteiger partial charge in [-0.2, -0.15) is 0 Å². The first-order valence-electron chi connectivity index (χ1n) is 10.8. The van der Waals surface area contributed by atoms with Crippen LogP contribution >= 0.6 is 23.4 Å². The Hall–Kier alpha value is -3.97. The van der Waals surface area contributed by atoms with Gasteiger partial charge in [0.15, 0.2) is 0 Å². The molecule has 1 aromatic heterocycles. The number of fused-ring (bicyclic) bond motifs is 1. The number of carbonyl (C=O) groups is 4. The van der Waals surface area contributed by atoms with E-state index in [1.54, 1.807) is 19.1 Å². The molecule has 0 aliphatic carbocycles. The molecule has 37 heavy (non-hydrogen) atoms. The molecule has 0 saturated carbocycles. The monoisotopic (exact) mass is 547 g/mol. The van der Waals surface area contributed by atoms with Crippen LogP contribution in [0.4, 0.5) is 26.4 Å². The molecule has 1 aliphatic heterocycles. The third kappa shape index (κ3) is 5.89. The topological polar surface area (TPSA) is 151 Å². The molecule has 4 rings (SSSR count).